The number of nitro groups is 1. The summed E-state index contributed by atoms with van der Waals surface area (Å²) < 4.78 is 19.2. The van der Waals surface area contributed by atoms with E-state index in [1.165, 1.54) is 25.3 Å². The van der Waals surface area contributed by atoms with Crippen LogP contribution in [0.5, 0.6) is 11.5 Å². The Bertz CT molecular complexity index is 943. The Morgan fingerprint density at radius 2 is 2.04 bits per heavy atom. The van der Waals surface area contributed by atoms with Gasteiger partial charge in [0, 0.05) is 30.1 Å². The second-order valence-electron chi connectivity index (χ2n) is 5.22. The van der Waals surface area contributed by atoms with Crippen molar-refractivity contribution < 1.29 is 19.2 Å². The number of aromatic hydroxyl groups is 1. The molecule has 0 unspecified atom stereocenters. The molecule has 0 bridgehead atoms. The fourth-order valence-corrected chi connectivity index (χ4v) is 2.53. The van der Waals surface area contributed by atoms with Crippen LogP contribution in [0.3, 0.4) is 0 Å². The van der Waals surface area contributed by atoms with Gasteiger partial charge in [-0.25, -0.2) is 4.39 Å². The maximum Gasteiger partial charge on any atom is 0.272 e. The van der Waals surface area contributed by atoms with Crippen LogP contribution in [-0.2, 0) is 6.42 Å². The minimum atomic E-state index is -0.639. The zero-order valence-corrected chi connectivity index (χ0v) is 12.7. The molecular weight excluding hydrogens is 315 g/mol. The normalized spacial score (nSPS) is 10.8. The minimum Gasteiger partial charge on any atom is -0.504 e. The fourth-order valence-electron chi connectivity index (χ4n) is 2.53. The summed E-state index contributed by atoms with van der Waals surface area (Å²) in [6.45, 7) is 0. The van der Waals surface area contributed by atoms with Crippen molar-refractivity contribution in [3.63, 3.8) is 0 Å². The van der Waals surface area contributed by atoms with Crippen molar-refractivity contribution in [3.8, 4) is 11.5 Å². The highest BCUT2D eigenvalue weighted by Crippen LogP contribution is 2.32. The molecule has 0 atom stereocenters. The third kappa shape index (κ3) is 2.83. The highest BCUT2D eigenvalue weighted by molar-refractivity contribution is 5.85. The van der Waals surface area contributed by atoms with Crippen LogP contribution in [0.2, 0.25) is 0 Å². The molecule has 1 heterocycles. The molecule has 0 amide bonds. The Kier molecular flexibility index (Phi) is 3.99. The maximum absolute atomic E-state index is 14.1. The van der Waals surface area contributed by atoms with E-state index in [0.717, 1.165) is 11.6 Å². The van der Waals surface area contributed by atoms with Gasteiger partial charge in [0.1, 0.15) is 5.82 Å². The lowest BCUT2D eigenvalue weighted by Crippen LogP contribution is -1.97. The van der Waals surface area contributed by atoms with E-state index in [1.54, 1.807) is 18.3 Å². The number of nitro benzene ring substituents is 1. The van der Waals surface area contributed by atoms with Crippen LogP contribution in [0, 0.1) is 15.9 Å². The summed E-state index contributed by atoms with van der Waals surface area (Å²) in [5, 5.41) is 21.2. The first kappa shape index (κ1) is 15.7. The number of non-ortho nitro benzene ring substituents is 1. The number of hydrogen-bond donors (Lipinski definition) is 1. The number of halogens is 1. The van der Waals surface area contributed by atoms with Crippen LogP contribution in [0.4, 0.5) is 10.1 Å². The van der Waals surface area contributed by atoms with Crippen molar-refractivity contribution >= 4 is 16.6 Å². The molecule has 122 valence electrons. The van der Waals surface area contributed by atoms with Crippen LogP contribution < -0.4 is 4.74 Å². The molecule has 0 aliphatic carbocycles. The molecule has 6 nitrogen and oxygen atoms in total. The van der Waals surface area contributed by atoms with E-state index in [9.17, 15) is 19.6 Å². The number of hydrogen-bond acceptors (Lipinski definition) is 5. The summed E-state index contributed by atoms with van der Waals surface area (Å²) in [5.41, 5.74) is 1.36. The van der Waals surface area contributed by atoms with E-state index < -0.39 is 10.7 Å². The van der Waals surface area contributed by atoms with Crippen molar-refractivity contribution in [2.24, 2.45) is 0 Å². The van der Waals surface area contributed by atoms with E-state index in [0.29, 0.717) is 22.2 Å². The third-order valence-electron chi connectivity index (χ3n) is 3.76. The number of ether oxygens (including phenoxy) is 1. The number of nitrogens with zero attached hydrogens (tertiary/aromatic N) is 2. The van der Waals surface area contributed by atoms with Gasteiger partial charge in [0.25, 0.3) is 5.69 Å². The standard InChI is InChI=1S/C17H13FN2O4/c1-24-17-8-13-10(4-5-19-15(13)9-16(17)21)6-11-2-3-12(20(22)23)7-14(11)18/h2-5,7-9,21H,6H2,1H3. The summed E-state index contributed by atoms with van der Waals surface area (Å²) in [4.78, 5) is 14.2. The molecule has 0 aliphatic heterocycles. The van der Waals surface area contributed by atoms with Gasteiger partial charge < -0.3 is 9.84 Å². The zero-order valence-electron chi connectivity index (χ0n) is 12.7. The number of phenolic OH excluding ortho intramolecular Hbond substituents is 1. The monoisotopic (exact) mass is 328 g/mol. The number of benzene rings is 2. The van der Waals surface area contributed by atoms with E-state index in [1.807, 2.05) is 0 Å². The first-order valence-electron chi connectivity index (χ1n) is 7.07. The predicted molar refractivity (Wildman–Crippen MR) is 85.8 cm³/mol. The molecule has 1 aromatic heterocycles. The molecule has 0 spiro atoms. The summed E-state index contributed by atoms with van der Waals surface area (Å²) in [7, 11) is 1.44. The first-order valence-corrected chi connectivity index (χ1v) is 7.07. The smallest absolute Gasteiger partial charge is 0.272 e. The van der Waals surface area contributed by atoms with Gasteiger partial charge in [-0.2, -0.15) is 0 Å². The summed E-state index contributed by atoms with van der Waals surface area (Å²) >= 11 is 0. The molecule has 24 heavy (non-hydrogen) atoms. The summed E-state index contributed by atoms with van der Waals surface area (Å²) in [6.07, 6.45) is 1.80. The van der Waals surface area contributed by atoms with Crippen molar-refractivity contribution in [3.05, 3.63) is 69.7 Å². The molecule has 1 N–H and O–H groups in total. The molecule has 2 aromatic carbocycles. The number of pyridine rings is 1. The van der Waals surface area contributed by atoms with E-state index in [-0.39, 0.29) is 17.9 Å². The predicted octanol–water partition coefficient (Wildman–Crippen LogP) is 3.59. The summed E-state index contributed by atoms with van der Waals surface area (Å²) in [6, 6.07) is 8.43. The van der Waals surface area contributed by atoms with Crippen molar-refractivity contribution in [2.45, 2.75) is 6.42 Å². The molecule has 0 fully saturated rings. The lowest BCUT2D eigenvalue weighted by atomic mass is 10.00. The molecule has 0 saturated heterocycles. The first-order chi connectivity index (χ1) is 11.5. The lowest BCUT2D eigenvalue weighted by molar-refractivity contribution is -0.385. The molecule has 7 heteroatoms. The van der Waals surface area contributed by atoms with E-state index in [2.05, 4.69) is 4.98 Å². The number of aromatic nitrogens is 1. The van der Waals surface area contributed by atoms with Crippen LogP contribution in [-0.4, -0.2) is 22.1 Å². The van der Waals surface area contributed by atoms with Crippen molar-refractivity contribution in [2.75, 3.05) is 7.11 Å². The second-order valence-corrected chi connectivity index (χ2v) is 5.22. The van der Waals surface area contributed by atoms with Crippen molar-refractivity contribution in [1.29, 1.82) is 0 Å². The van der Waals surface area contributed by atoms with Crippen LogP contribution >= 0.6 is 0 Å². The van der Waals surface area contributed by atoms with Crippen LogP contribution in [0.15, 0.2) is 42.6 Å². The van der Waals surface area contributed by atoms with Crippen molar-refractivity contribution in [1.82, 2.24) is 4.98 Å². The number of rotatable bonds is 4. The van der Waals surface area contributed by atoms with Gasteiger partial charge in [-0.1, -0.05) is 0 Å². The number of methoxy groups -OCH3 is 1. The Labute approximate surface area is 136 Å². The Balaban J connectivity index is 2.05. The molecule has 0 aliphatic rings. The van der Waals surface area contributed by atoms with Gasteiger partial charge >= 0.3 is 0 Å². The lowest BCUT2D eigenvalue weighted by Gasteiger charge is -2.10. The largest absolute Gasteiger partial charge is 0.504 e. The molecule has 3 aromatic rings. The van der Waals surface area contributed by atoms with Gasteiger partial charge in [0.15, 0.2) is 11.5 Å². The van der Waals surface area contributed by atoms with Crippen LogP contribution in [0.1, 0.15) is 11.1 Å². The summed E-state index contributed by atoms with van der Waals surface area (Å²) in [5.74, 6) is -0.378. The average molecular weight is 328 g/mol. The van der Waals surface area contributed by atoms with E-state index >= 15 is 0 Å². The van der Waals surface area contributed by atoms with Crippen LogP contribution in [0.25, 0.3) is 10.9 Å². The van der Waals surface area contributed by atoms with Gasteiger partial charge in [-0.05, 0) is 29.3 Å². The Morgan fingerprint density at radius 1 is 1.25 bits per heavy atom. The topological polar surface area (TPSA) is 85.5 Å². The maximum atomic E-state index is 14.1. The molecular formula is C17H13FN2O4. The second kappa shape index (κ2) is 6.11. The highest BCUT2D eigenvalue weighted by atomic mass is 19.1. The Hall–Kier alpha value is -3.22. The van der Waals surface area contributed by atoms with Gasteiger partial charge in [-0.15, -0.1) is 0 Å². The van der Waals surface area contributed by atoms with Gasteiger partial charge in [0.05, 0.1) is 23.6 Å². The average Bonchev–Trinajstić information content (AvgIpc) is 2.56. The van der Waals surface area contributed by atoms with E-state index in [4.69, 9.17) is 4.74 Å². The zero-order chi connectivity index (χ0) is 17.3. The van der Waals surface area contributed by atoms with Gasteiger partial charge in [0.2, 0.25) is 0 Å². The SMILES string of the molecule is COc1cc2c(Cc3ccc([N+](=O)[O-])cc3F)ccnc2cc1O. The quantitative estimate of drug-likeness (QED) is 0.584. The number of fused-ring (bicyclic) bond motifs is 1. The molecule has 0 saturated carbocycles. The minimum absolute atomic E-state index is 0.0313. The highest BCUT2D eigenvalue weighted by Gasteiger charge is 2.13. The van der Waals surface area contributed by atoms with Gasteiger partial charge in [-0.3, -0.25) is 15.1 Å². The third-order valence-corrected chi connectivity index (χ3v) is 3.76. The molecule has 0 radical (unpaired) electrons. The Morgan fingerprint density at radius 3 is 2.71 bits per heavy atom. The molecule has 3 rings (SSSR count). The fraction of sp³-hybridized carbons (Fsp3) is 0.118. The number of phenols is 1.